The van der Waals surface area contributed by atoms with Gasteiger partial charge in [0.2, 0.25) is 0 Å². The summed E-state index contributed by atoms with van der Waals surface area (Å²) in [6, 6.07) is 0.643. The minimum Gasteiger partial charge on any atom is -0.366 e. The maximum Gasteiger partial charge on any atom is 0.0923 e. The fourth-order valence-corrected chi connectivity index (χ4v) is 2.64. The second-order valence-electron chi connectivity index (χ2n) is 4.97. The van der Waals surface area contributed by atoms with Crippen LogP contribution in [0.15, 0.2) is 11.1 Å². The Morgan fingerprint density at radius 2 is 2.14 bits per heavy atom. The van der Waals surface area contributed by atoms with Crippen molar-refractivity contribution < 1.29 is 4.74 Å². The van der Waals surface area contributed by atoms with Crippen LogP contribution in [-0.4, -0.2) is 36.7 Å². The van der Waals surface area contributed by atoms with Gasteiger partial charge in [-0.1, -0.05) is 0 Å². The third-order valence-electron chi connectivity index (χ3n) is 4.13. The first-order valence-electron chi connectivity index (χ1n) is 5.56. The Labute approximate surface area is 86.9 Å². The average Bonchev–Trinajstić information content (AvgIpc) is 2.42. The molecule has 0 unspecified atom stereocenters. The zero-order valence-electron chi connectivity index (χ0n) is 9.76. The van der Waals surface area contributed by atoms with Crippen molar-refractivity contribution in [1.29, 1.82) is 0 Å². The molecule has 0 saturated carbocycles. The highest BCUT2D eigenvalue weighted by atomic mass is 16.5. The van der Waals surface area contributed by atoms with Crippen molar-refractivity contribution in [2.75, 3.05) is 20.2 Å². The van der Waals surface area contributed by atoms with E-state index in [1.165, 1.54) is 11.1 Å². The molecule has 80 valence electrons. The molecule has 1 fully saturated rings. The molecule has 0 amide bonds. The highest BCUT2D eigenvalue weighted by molar-refractivity contribution is 5.27. The van der Waals surface area contributed by atoms with Crippen molar-refractivity contribution in [1.82, 2.24) is 4.90 Å². The van der Waals surface area contributed by atoms with E-state index >= 15 is 0 Å². The smallest absolute Gasteiger partial charge is 0.0923 e. The van der Waals surface area contributed by atoms with Crippen LogP contribution < -0.4 is 0 Å². The molecular formula is C12H21NO. The maximum atomic E-state index is 6.02. The standard InChI is InChI=1S/C12H21NO/c1-9-8-14-12(11(9)3)5-6-13(4)10(2)7-12/h10H,5-8H2,1-4H3/t10-,12-/m1/s1. The SMILES string of the molecule is CC1=C(C)[C@]2(CCN(C)[C@H](C)C2)OC1. The average molecular weight is 195 g/mol. The minimum absolute atomic E-state index is 0.0933. The number of hydrogen-bond donors (Lipinski definition) is 0. The Balaban J connectivity index is 2.19. The first-order valence-corrected chi connectivity index (χ1v) is 5.56. The molecule has 0 radical (unpaired) electrons. The minimum atomic E-state index is 0.0933. The van der Waals surface area contributed by atoms with E-state index in [0.717, 1.165) is 26.0 Å². The van der Waals surface area contributed by atoms with Gasteiger partial charge in [0.25, 0.3) is 0 Å². The topological polar surface area (TPSA) is 12.5 Å². The molecule has 0 aliphatic carbocycles. The molecule has 2 heterocycles. The summed E-state index contributed by atoms with van der Waals surface area (Å²) in [6.45, 7) is 8.76. The summed E-state index contributed by atoms with van der Waals surface area (Å²) < 4.78 is 6.02. The molecular weight excluding hydrogens is 174 g/mol. The quantitative estimate of drug-likeness (QED) is 0.549. The summed E-state index contributed by atoms with van der Waals surface area (Å²) in [6.07, 6.45) is 2.32. The summed E-state index contributed by atoms with van der Waals surface area (Å²) in [5, 5.41) is 0. The third-order valence-corrected chi connectivity index (χ3v) is 4.13. The highest BCUT2D eigenvalue weighted by Crippen LogP contribution is 2.41. The Morgan fingerprint density at radius 3 is 2.64 bits per heavy atom. The van der Waals surface area contributed by atoms with E-state index in [1.54, 1.807) is 0 Å². The van der Waals surface area contributed by atoms with Gasteiger partial charge >= 0.3 is 0 Å². The number of likely N-dealkylation sites (tertiary alicyclic amines) is 1. The van der Waals surface area contributed by atoms with Crippen LogP contribution in [0.25, 0.3) is 0 Å². The van der Waals surface area contributed by atoms with Crippen molar-refractivity contribution in [3.05, 3.63) is 11.1 Å². The number of piperidine rings is 1. The fraction of sp³-hybridized carbons (Fsp3) is 0.833. The molecule has 2 rings (SSSR count). The van der Waals surface area contributed by atoms with Gasteiger partial charge in [-0.15, -0.1) is 0 Å². The lowest BCUT2D eigenvalue weighted by Crippen LogP contribution is -2.48. The van der Waals surface area contributed by atoms with Crippen LogP contribution in [0.4, 0.5) is 0 Å². The molecule has 0 aromatic heterocycles. The molecule has 1 spiro atoms. The van der Waals surface area contributed by atoms with E-state index < -0.39 is 0 Å². The third kappa shape index (κ3) is 1.41. The molecule has 0 N–H and O–H groups in total. The van der Waals surface area contributed by atoms with Crippen LogP contribution in [0.3, 0.4) is 0 Å². The molecule has 0 aromatic rings. The number of hydrogen-bond acceptors (Lipinski definition) is 2. The first-order chi connectivity index (χ1) is 6.55. The molecule has 2 heteroatoms. The van der Waals surface area contributed by atoms with Crippen LogP contribution in [0.1, 0.15) is 33.6 Å². The normalized spacial score (nSPS) is 39.9. The molecule has 14 heavy (non-hydrogen) atoms. The monoisotopic (exact) mass is 195 g/mol. The van der Waals surface area contributed by atoms with Gasteiger partial charge in [0.05, 0.1) is 12.2 Å². The van der Waals surface area contributed by atoms with Gasteiger partial charge in [-0.05, 0) is 51.8 Å². The van der Waals surface area contributed by atoms with Crippen molar-refractivity contribution in [3.63, 3.8) is 0 Å². The predicted molar refractivity (Wildman–Crippen MR) is 58.4 cm³/mol. The number of ether oxygens (including phenoxy) is 1. The lowest BCUT2D eigenvalue weighted by Gasteiger charge is -2.42. The van der Waals surface area contributed by atoms with Gasteiger partial charge in [-0.2, -0.15) is 0 Å². The van der Waals surface area contributed by atoms with Gasteiger partial charge in [0.15, 0.2) is 0 Å². The highest BCUT2D eigenvalue weighted by Gasteiger charge is 2.42. The molecule has 0 bridgehead atoms. The van der Waals surface area contributed by atoms with Gasteiger partial charge in [-0.3, -0.25) is 0 Å². The second kappa shape index (κ2) is 3.35. The molecule has 1 saturated heterocycles. The van der Waals surface area contributed by atoms with E-state index in [0.29, 0.717) is 6.04 Å². The largest absolute Gasteiger partial charge is 0.366 e. The summed E-state index contributed by atoms with van der Waals surface area (Å²) in [4.78, 5) is 2.43. The predicted octanol–water partition coefficient (Wildman–Crippen LogP) is 2.21. The van der Waals surface area contributed by atoms with Crippen LogP contribution in [0.5, 0.6) is 0 Å². The van der Waals surface area contributed by atoms with Crippen LogP contribution in [0, 0.1) is 0 Å². The lowest BCUT2D eigenvalue weighted by molar-refractivity contribution is -0.0431. The summed E-state index contributed by atoms with van der Waals surface area (Å²) in [5.41, 5.74) is 3.04. The van der Waals surface area contributed by atoms with Crippen LogP contribution in [-0.2, 0) is 4.74 Å². The zero-order chi connectivity index (χ0) is 10.3. The van der Waals surface area contributed by atoms with E-state index in [4.69, 9.17) is 4.74 Å². The zero-order valence-corrected chi connectivity index (χ0v) is 9.76. The van der Waals surface area contributed by atoms with Crippen molar-refractivity contribution in [2.24, 2.45) is 0 Å². The van der Waals surface area contributed by atoms with Crippen molar-refractivity contribution in [3.8, 4) is 0 Å². The molecule has 2 aliphatic rings. The first kappa shape index (κ1) is 10.2. The molecule has 2 atom stereocenters. The van der Waals surface area contributed by atoms with Gasteiger partial charge in [-0.25, -0.2) is 0 Å². The van der Waals surface area contributed by atoms with Gasteiger partial charge < -0.3 is 9.64 Å². The number of nitrogens with zero attached hydrogens (tertiary/aromatic N) is 1. The lowest BCUT2D eigenvalue weighted by atomic mass is 9.81. The van der Waals surface area contributed by atoms with Crippen molar-refractivity contribution in [2.45, 2.75) is 45.3 Å². The van der Waals surface area contributed by atoms with E-state index in [2.05, 4.69) is 32.7 Å². The summed E-state index contributed by atoms with van der Waals surface area (Å²) >= 11 is 0. The Bertz CT molecular complexity index is 271. The Morgan fingerprint density at radius 1 is 1.43 bits per heavy atom. The van der Waals surface area contributed by atoms with Crippen LogP contribution in [0.2, 0.25) is 0 Å². The second-order valence-corrected chi connectivity index (χ2v) is 4.97. The fourth-order valence-electron chi connectivity index (χ4n) is 2.64. The molecule has 0 aromatic carbocycles. The number of rotatable bonds is 0. The van der Waals surface area contributed by atoms with E-state index in [-0.39, 0.29) is 5.60 Å². The molecule has 2 nitrogen and oxygen atoms in total. The van der Waals surface area contributed by atoms with E-state index in [1.807, 2.05) is 0 Å². The summed E-state index contributed by atoms with van der Waals surface area (Å²) in [7, 11) is 2.21. The maximum absolute atomic E-state index is 6.02. The van der Waals surface area contributed by atoms with E-state index in [9.17, 15) is 0 Å². The Hall–Kier alpha value is -0.340. The van der Waals surface area contributed by atoms with Crippen molar-refractivity contribution >= 4 is 0 Å². The van der Waals surface area contributed by atoms with Gasteiger partial charge in [0, 0.05) is 12.6 Å². The van der Waals surface area contributed by atoms with Gasteiger partial charge in [0.1, 0.15) is 0 Å². The molecule has 2 aliphatic heterocycles. The summed E-state index contributed by atoms with van der Waals surface area (Å²) in [5.74, 6) is 0. The Kier molecular flexibility index (Phi) is 2.44. The van der Waals surface area contributed by atoms with Crippen LogP contribution >= 0.6 is 0 Å².